The average Bonchev–Trinajstić information content (AvgIpc) is 2.72. The topological polar surface area (TPSA) is 37.3 Å². The number of aliphatic carboxylic acids is 1. The molecule has 17 heavy (non-hydrogen) atoms. The van der Waals surface area contributed by atoms with Crippen molar-refractivity contribution in [2.75, 3.05) is 0 Å². The van der Waals surface area contributed by atoms with E-state index in [0.717, 1.165) is 19.3 Å². The Morgan fingerprint density at radius 3 is 2.47 bits per heavy atom. The van der Waals surface area contributed by atoms with Crippen LogP contribution in [0.2, 0.25) is 0 Å². The van der Waals surface area contributed by atoms with E-state index >= 15 is 0 Å². The molecule has 2 nitrogen and oxygen atoms in total. The van der Waals surface area contributed by atoms with E-state index in [1.54, 1.807) is 5.56 Å². The van der Waals surface area contributed by atoms with Gasteiger partial charge in [-0.1, -0.05) is 12.1 Å². The first-order valence-corrected chi connectivity index (χ1v) is 6.57. The largest absolute Gasteiger partial charge is 0.481 e. The van der Waals surface area contributed by atoms with E-state index in [4.69, 9.17) is 5.11 Å². The lowest BCUT2D eigenvalue weighted by Crippen LogP contribution is -2.18. The van der Waals surface area contributed by atoms with E-state index in [1.807, 2.05) is 0 Å². The number of aryl methyl sites for hydroxylation is 3. The van der Waals surface area contributed by atoms with Gasteiger partial charge in [0.2, 0.25) is 0 Å². The van der Waals surface area contributed by atoms with Gasteiger partial charge in [-0.3, -0.25) is 4.79 Å². The van der Waals surface area contributed by atoms with Crippen LogP contribution >= 0.6 is 0 Å². The van der Waals surface area contributed by atoms with Crippen LogP contribution in [-0.2, 0) is 30.5 Å². The van der Waals surface area contributed by atoms with E-state index in [9.17, 15) is 4.79 Å². The fourth-order valence-corrected chi connectivity index (χ4v) is 3.34. The SMILES string of the molecule is O=C(O)CC1CCc2cc3c(cc2C1)CCC3. The predicted molar refractivity (Wildman–Crippen MR) is 66.2 cm³/mol. The number of hydrogen-bond acceptors (Lipinski definition) is 1. The van der Waals surface area contributed by atoms with Crippen LogP contribution in [-0.4, -0.2) is 11.1 Å². The molecule has 0 saturated carbocycles. The first-order valence-electron chi connectivity index (χ1n) is 6.57. The van der Waals surface area contributed by atoms with Gasteiger partial charge in [0.15, 0.2) is 0 Å². The van der Waals surface area contributed by atoms with Crippen molar-refractivity contribution in [2.24, 2.45) is 5.92 Å². The number of fused-ring (bicyclic) bond motifs is 2. The summed E-state index contributed by atoms with van der Waals surface area (Å²) in [4.78, 5) is 10.8. The highest BCUT2D eigenvalue weighted by Gasteiger charge is 2.23. The molecule has 0 radical (unpaired) electrons. The van der Waals surface area contributed by atoms with E-state index in [1.165, 1.54) is 36.0 Å². The molecule has 0 bridgehead atoms. The van der Waals surface area contributed by atoms with Crippen molar-refractivity contribution in [3.05, 3.63) is 34.4 Å². The van der Waals surface area contributed by atoms with Gasteiger partial charge in [0.05, 0.1) is 0 Å². The summed E-state index contributed by atoms with van der Waals surface area (Å²) in [7, 11) is 0. The minimum atomic E-state index is -0.653. The second kappa shape index (κ2) is 4.17. The molecule has 0 aliphatic heterocycles. The van der Waals surface area contributed by atoms with Crippen LogP contribution in [0.25, 0.3) is 0 Å². The molecule has 0 aromatic heterocycles. The van der Waals surface area contributed by atoms with E-state index < -0.39 is 5.97 Å². The quantitative estimate of drug-likeness (QED) is 0.848. The Labute approximate surface area is 102 Å². The van der Waals surface area contributed by atoms with Crippen molar-refractivity contribution >= 4 is 5.97 Å². The van der Waals surface area contributed by atoms with Crippen LogP contribution in [0, 0.1) is 5.92 Å². The van der Waals surface area contributed by atoms with Crippen molar-refractivity contribution in [1.82, 2.24) is 0 Å². The van der Waals surface area contributed by atoms with Gasteiger partial charge < -0.3 is 5.11 Å². The summed E-state index contributed by atoms with van der Waals surface area (Å²) in [6, 6.07) is 4.74. The Kier molecular flexibility index (Phi) is 2.65. The molecule has 1 aromatic carbocycles. The average molecular weight is 230 g/mol. The molecule has 0 amide bonds. The Bertz CT molecular complexity index is 462. The molecular weight excluding hydrogens is 212 g/mol. The Morgan fingerprint density at radius 1 is 1.12 bits per heavy atom. The van der Waals surface area contributed by atoms with Crippen LogP contribution in [0.4, 0.5) is 0 Å². The maximum atomic E-state index is 10.8. The van der Waals surface area contributed by atoms with E-state index in [-0.39, 0.29) is 0 Å². The molecule has 2 aliphatic carbocycles. The molecule has 1 unspecified atom stereocenters. The third kappa shape index (κ3) is 2.08. The number of benzene rings is 1. The molecule has 3 rings (SSSR count). The maximum absolute atomic E-state index is 10.8. The summed E-state index contributed by atoms with van der Waals surface area (Å²) in [5.74, 6) is -0.306. The molecule has 2 aliphatic rings. The number of carbonyl (C=O) groups is 1. The molecule has 0 heterocycles. The van der Waals surface area contributed by atoms with Gasteiger partial charge in [-0.25, -0.2) is 0 Å². The monoisotopic (exact) mass is 230 g/mol. The Hall–Kier alpha value is -1.31. The van der Waals surface area contributed by atoms with Gasteiger partial charge >= 0.3 is 5.97 Å². The summed E-state index contributed by atoms with van der Waals surface area (Å²) < 4.78 is 0. The zero-order valence-electron chi connectivity index (χ0n) is 10.0. The molecule has 0 saturated heterocycles. The summed E-state index contributed by atoms with van der Waals surface area (Å²) in [6.07, 6.45) is 7.15. The van der Waals surface area contributed by atoms with Gasteiger partial charge in [-0.2, -0.15) is 0 Å². The minimum Gasteiger partial charge on any atom is -0.481 e. The zero-order chi connectivity index (χ0) is 11.8. The molecule has 1 N–H and O–H groups in total. The molecular formula is C15H18O2. The summed E-state index contributed by atoms with van der Waals surface area (Å²) >= 11 is 0. The maximum Gasteiger partial charge on any atom is 0.303 e. The first kappa shape index (κ1) is 10.8. The molecule has 2 heteroatoms. The van der Waals surface area contributed by atoms with Gasteiger partial charge in [-0.05, 0) is 66.7 Å². The second-order valence-corrected chi connectivity index (χ2v) is 5.45. The van der Waals surface area contributed by atoms with Crippen molar-refractivity contribution < 1.29 is 9.90 Å². The van der Waals surface area contributed by atoms with Crippen LogP contribution in [0.3, 0.4) is 0 Å². The fraction of sp³-hybridized carbons (Fsp3) is 0.533. The third-order valence-corrected chi connectivity index (χ3v) is 4.21. The summed E-state index contributed by atoms with van der Waals surface area (Å²) in [5.41, 5.74) is 5.95. The van der Waals surface area contributed by atoms with E-state index in [0.29, 0.717) is 12.3 Å². The standard InChI is InChI=1S/C15H18O2/c16-15(17)7-10-4-5-13-8-11-2-1-3-12(11)9-14(13)6-10/h8-10H,1-7H2,(H,16,17). The highest BCUT2D eigenvalue weighted by molar-refractivity contribution is 5.67. The lowest BCUT2D eigenvalue weighted by atomic mass is 9.81. The van der Waals surface area contributed by atoms with Crippen molar-refractivity contribution in [3.8, 4) is 0 Å². The number of carboxylic acid groups (broad SMARTS) is 1. The predicted octanol–water partition coefficient (Wildman–Crippen LogP) is 2.75. The highest BCUT2D eigenvalue weighted by Crippen LogP contribution is 2.32. The number of carboxylic acids is 1. The van der Waals surface area contributed by atoms with Crippen LogP contribution in [0.1, 0.15) is 41.5 Å². The third-order valence-electron chi connectivity index (χ3n) is 4.21. The van der Waals surface area contributed by atoms with Crippen LogP contribution in [0.5, 0.6) is 0 Å². The van der Waals surface area contributed by atoms with Crippen LogP contribution < -0.4 is 0 Å². The van der Waals surface area contributed by atoms with Crippen molar-refractivity contribution in [3.63, 3.8) is 0 Å². The Morgan fingerprint density at radius 2 is 1.76 bits per heavy atom. The zero-order valence-corrected chi connectivity index (χ0v) is 10.0. The molecule has 90 valence electrons. The smallest absolute Gasteiger partial charge is 0.303 e. The number of rotatable bonds is 2. The van der Waals surface area contributed by atoms with E-state index in [2.05, 4.69) is 12.1 Å². The van der Waals surface area contributed by atoms with Gasteiger partial charge in [0, 0.05) is 6.42 Å². The fourth-order valence-electron chi connectivity index (χ4n) is 3.34. The summed E-state index contributed by atoms with van der Waals surface area (Å²) in [5, 5.41) is 8.87. The second-order valence-electron chi connectivity index (χ2n) is 5.45. The molecule has 0 fully saturated rings. The van der Waals surface area contributed by atoms with Crippen molar-refractivity contribution in [1.29, 1.82) is 0 Å². The van der Waals surface area contributed by atoms with Crippen LogP contribution in [0.15, 0.2) is 12.1 Å². The minimum absolute atomic E-state index is 0.330. The van der Waals surface area contributed by atoms with Gasteiger partial charge in [-0.15, -0.1) is 0 Å². The normalized spacial score (nSPS) is 22.0. The van der Waals surface area contributed by atoms with Gasteiger partial charge in [0.1, 0.15) is 0 Å². The first-order chi connectivity index (χ1) is 8.22. The lowest BCUT2D eigenvalue weighted by Gasteiger charge is -2.24. The van der Waals surface area contributed by atoms with Crippen molar-refractivity contribution in [2.45, 2.75) is 44.9 Å². The lowest BCUT2D eigenvalue weighted by molar-refractivity contribution is -0.138. The molecule has 0 spiro atoms. The molecule has 1 atom stereocenters. The van der Waals surface area contributed by atoms with Gasteiger partial charge in [0.25, 0.3) is 0 Å². The number of hydrogen-bond donors (Lipinski definition) is 1. The molecule has 1 aromatic rings. The summed E-state index contributed by atoms with van der Waals surface area (Å²) in [6.45, 7) is 0. The highest BCUT2D eigenvalue weighted by atomic mass is 16.4. The Balaban J connectivity index is 1.84.